The fourth-order valence-corrected chi connectivity index (χ4v) is 3.66. The van der Waals surface area contributed by atoms with E-state index in [4.69, 9.17) is 4.43 Å². The van der Waals surface area contributed by atoms with E-state index in [-0.39, 0.29) is 0 Å². The Morgan fingerprint density at radius 1 is 1.00 bits per heavy atom. The summed E-state index contributed by atoms with van der Waals surface area (Å²) in [6, 6.07) is 0. The fraction of sp³-hybridized carbons (Fsp3) is 1.00. The molecular formula is C12H31NOSi2. The second-order valence-electron chi connectivity index (χ2n) is 7.06. The van der Waals surface area contributed by atoms with Gasteiger partial charge in [0.1, 0.15) is 8.24 Å². The molecule has 0 amide bonds. The molecule has 0 fully saturated rings. The van der Waals surface area contributed by atoms with Crippen molar-refractivity contribution in [2.24, 2.45) is 0 Å². The molecular weight excluding hydrogens is 230 g/mol. The molecule has 2 nitrogen and oxygen atoms in total. The Morgan fingerprint density at radius 2 is 1.44 bits per heavy atom. The van der Waals surface area contributed by atoms with E-state index in [2.05, 4.69) is 65.0 Å². The third kappa shape index (κ3) is 4.69. The molecule has 0 heterocycles. The lowest BCUT2D eigenvalue weighted by molar-refractivity contribution is 0.182. The van der Waals surface area contributed by atoms with Crippen molar-refractivity contribution in [3.8, 4) is 0 Å². The predicted octanol–water partition coefficient (Wildman–Crippen LogP) is 4.12. The van der Waals surface area contributed by atoms with E-state index in [1.807, 2.05) is 0 Å². The molecule has 0 saturated carbocycles. The Kier molecular flexibility index (Phi) is 5.45. The van der Waals surface area contributed by atoms with Crippen molar-refractivity contribution in [3.05, 3.63) is 0 Å². The summed E-state index contributed by atoms with van der Waals surface area (Å²) in [5.74, 6) is 0. The summed E-state index contributed by atoms with van der Waals surface area (Å²) in [5, 5.41) is 0.311. The third-order valence-corrected chi connectivity index (χ3v) is 10.5. The summed E-state index contributed by atoms with van der Waals surface area (Å²) < 4.78 is 8.79. The van der Waals surface area contributed by atoms with Gasteiger partial charge in [0.2, 0.25) is 0 Å². The van der Waals surface area contributed by atoms with Crippen LogP contribution in [0.25, 0.3) is 0 Å². The molecule has 0 unspecified atom stereocenters. The van der Waals surface area contributed by atoms with Crippen LogP contribution in [-0.2, 0) is 4.43 Å². The first-order chi connectivity index (χ1) is 6.92. The van der Waals surface area contributed by atoms with Gasteiger partial charge in [-0.05, 0) is 24.7 Å². The van der Waals surface area contributed by atoms with Crippen LogP contribution in [0.2, 0.25) is 37.8 Å². The zero-order chi connectivity index (χ0) is 13.2. The Bertz CT molecular complexity index is 216. The Morgan fingerprint density at radius 3 is 1.69 bits per heavy atom. The zero-order valence-corrected chi connectivity index (χ0v) is 14.8. The minimum Gasteiger partial charge on any atom is -0.405 e. The molecule has 98 valence electrons. The van der Waals surface area contributed by atoms with E-state index in [1.165, 1.54) is 0 Å². The standard InChI is InChI=1S/C12H31NOSi2/c1-10-13(15(5,6)7)11-14-16(8,9)12(2,3)4/h10-11H2,1-9H3. The van der Waals surface area contributed by atoms with Crippen LogP contribution in [0.15, 0.2) is 0 Å². The van der Waals surface area contributed by atoms with Gasteiger partial charge in [0.15, 0.2) is 8.32 Å². The average molecular weight is 262 g/mol. The first-order valence-electron chi connectivity index (χ1n) is 6.31. The molecule has 16 heavy (non-hydrogen) atoms. The zero-order valence-electron chi connectivity index (χ0n) is 12.8. The van der Waals surface area contributed by atoms with E-state index in [9.17, 15) is 0 Å². The molecule has 0 radical (unpaired) electrons. The molecule has 0 aliphatic rings. The first kappa shape index (κ1) is 16.4. The highest BCUT2D eigenvalue weighted by Crippen LogP contribution is 2.36. The number of hydrogen-bond donors (Lipinski definition) is 0. The van der Waals surface area contributed by atoms with Gasteiger partial charge in [-0.25, -0.2) is 0 Å². The Balaban J connectivity index is 4.44. The molecule has 0 aromatic carbocycles. The second kappa shape index (κ2) is 5.33. The maximum Gasteiger partial charge on any atom is 0.193 e. The highest BCUT2D eigenvalue weighted by atomic mass is 28.4. The van der Waals surface area contributed by atoms with Crippen molar-refractivity contribution in [1.82, 2.24) is 4.57 Å². The normalized spacial score (nSPS) is 14.6. The first-order valence-corrected chi connectivity index (χ1v) is 12.7. The minimum absolute atomic E-state index is 0.311. The SMILES string of the molecule is CCN(CO[Si](C)(C)C(C)(C)C)[Si](C)(C)C. The van der Waals surface area contributed by atoms with Gasteiger partial charge >= 0.3 is 0 Å². The van der Waals surface area contributed by atoms with E-state index >= 15 is 0 Å². The van der Waals surface area contributed by atoms with Gasteiger partial charge < -0.3 is 8.99 Å². The van der Waals surface area contributed by atoms with Crippen LogP contribution in [0.3, 0.4) is 0 Å². The predicted molar refractivity (Wildman–Crippen MR) is 78.9 cm³/mol. The van der Waals surface area contributed by atoms with Gasteiger partial charge in [-0.2, -0.15) is 0 Å². The molecule has 0 aromatic rings. The van der Waals surface area contributed by atoms with Crippen LogP contribution in [0.4, 0.5) is 0 Å². The Labute approximate surface area is 105 Å². The van der Waals surface area contributed by atoms with Gasteiger partial charge in [0.05, 0.1) is 6.73 Å². The summed E-state index contributed by atoms with van der Waals surface area (Å²) in [6.45, 7) is 22.8. The molecule has 0 spiro atoms. The van der Waals surface area contributed by atoms with E-state index in [0.29, 0.717) is 5.04 Å². The molecule has 0 bridgehead atoms. The summed E-state index contributed by atoms with van der Waals surface area (Å²) in [7, 11) is -2.80. The smallest absolute Gasteiger partial charge is 0.193 e. The molecule has 0 atom stereocenters. The largest absolute Gasteiger partial charge is 0.405 e. The molecule has 0 saturated heterocycles. The molecule has 0 aromatic heterocycles. The van der Waals surface area contributed by atoms with Gasteiger partial charge in [0, 0.05) is 0 Å². The van der Waals surface area contributed by atoms with Crippen molar-refractivity contribution >= 4 is 16.6 Å². The van der Waals surface area contributed by atoms with Crippen molar-refractivity contribution in [2.45, 2.75) is 65.5 Å². The van der Waals surface area contributed by atoms with Gasteiger partial charge in [-0.1, -0.05) is 47.3 Å². The number of rotatable bonds is 5. The molecule has 0 N–H and O–H groups in total. The molecule has 0 rings (SSSR count). The van der Waals surface area contributed by atoms with E-state index in [0.717, 1.165) is 13.3 Å². The lowest BCUT2D eigenvalue weighted by Gasteiger charge is -2.40. The van der Waals surface area contributed by atoms with Gasteiger partial charge in [-0.3, -0.25) is 0 Å². The minimum atomic E-state index is -1.58. The van der Waals surface area contributed by atoms with Gasteiger partial charge in [-0.15, -0.1) is 0 Å². The van der Waals surface area contributed by atoms with Crippen LogP contribution in [0.5, 0.6) is 0 Å². The van der Waals surface area contributed by atoms with Crippen LogP contribution < -0.4 is 0 Å². The van der Waals surface area contributed by atoms with E-state index in [1.54, 1.807) is 0 Å². The summed E-state index contributed by atoms with van der Waals surface area (Å²) >= 11 is 0. The van der Waals surface area contributed by atoms with Gasteiger partial charge in [0.25, 0.3) is 0 Å². The summed E-state index contributed by atoms with van der Waals surface area (Å²) in [5.41, 5.74) is 0. The average Bonchev–Trinajstić information content (AvgIpc) is 2.00. The fourth-order valence-electron chi connectivity index (χ4n) is 1.22. The maximum absolute atomic E-state index is 6.27. The van der Waals surface area contributed by atoms with Crippen molar-refractivity contribution in [2.75, 3.05) is 13.3 Å². The van der Waals surface area contributed by atoms with Crippen LogP contribution in [0, 0.1) is 0 Å². The van der Waals surface area contributed by atoms with E-state index < -0.39 is 16.6 Å². The van der Waals surface area contributed by atoms with Crippen molar-refractivity contribution in [3.63, 3.8) is 0 Å². The monoisotopic (exact) mass is 261 g/mol. The molecule has 0 aliphatic carbocycles. The highest BCUT2D eigenvalue weighted by Gasteiger charge is 2.38. The quantitative estimate of drug-likeness (QED) is 0.545. The van der Waals surface area contributed by atoms with Crippen LogP contribution in [0.1, 0.15) is 27.7 Å². The number of hydrogen-bond acceptors (Lipinski definition) is 2. The van der Waals surface area contributed by atoms with Crippen LogP contribution >= 0.6 is 0 Å². The molecule has 4 heteroatoms. The highest BCUT2D eigenvalue weighted by molar-refractivity contribution is 6.74. The third-order valence-electron chi connectivity index (χ3n) is 3.72. The summed E-state index contributed by atoms with van der Waals surface area (Å²) in [6.07, 6.45) is 0. The maximum atomic E-state index is 6.27. The molecule has 0 aliphatic heterocycles. The lowest BCUT2D eigenvalue weighted by atomic mass is 10.2. The summed E-state index contributed by atoms with van der Waals surface area (Å²) in [4.78, 5) is 0. The number of nitrogens with zero attached hydrogens (tertiary/aromatic N) is 1. The lowest BCUT2D eigenvalue weighted by Crippen LogP contribution is -2.51. The second-order valence-corrected chi connectivity index (χ2v) is 16.8. The van der Waals surface area contributed by atoms with Crippen molar-refractivity contribution < 1.29 is 4.43 Å². The Hall–Kier alpha value is 0.354. The van der Waals surface area contributed by atoms with Crippen molar-refractivity contribution in [1.29, 1.82) is 0 Å². The topological polar surface area (TPSA) is 12.5 Å². The van der Waals surface area contributed by atoms with Crippen LogP contribution in [-0.4, -0.2) is 34.4 Å².